The van der Waals surface area contributed by atoms with Crippen LogP contribution in [0, 0.1) is 0 Å². The minimum absolute atomic E-state index is 0.0750. The molecule has 1 aliphatic rings. The van der Waals surface area contributed by atoms with Gasteiger partial charge in [0.15, 0.2) is 0 Å². The molecule has 0 bridgehead atoms. The number of carbonyl (C=O) groups is 1. The lowest BCUT2D eigenvalue weighted by Gasteiger charge is -2.30. The van der Waals surface area contributed by atoms with Crippen molar-refractivity contribution in [1.29, 1.82) is 0 Å². The van der Waals surface area contributed by atoms with E-state index in [9.17, 15) is 4.79 Å². The number of allylic oxidation sites excluding steroid dienone is 1. The Balaban J connectivity index is 2.35. The third-order valence-electron chi connectivity index (χ3n) is 2.53. The van der Waals surface area contributed by atoms with Gasteiger partial charge < -0.3 is 10.6 Å². The Labute approximate surface area is 86.0 Å². The van der Waals surface area contributed by atoms with E-state index in [-0.39, 0.29) is 5.91 Å². The number of nitrogens with one attached hydrogen (secondary N) is 2. The van der Waals surface area contributed by atoms with Crippen molar-refractivity contribution in [2.75, 3.05) is 0 Å². The average Bonchev–Trinajstić information content (AvgIpc) is 2.01. The van der Waals surface area contributed by atoms with Gasteiger partial charge in [0.05, 0.1) is 0 Å². The monoisotopic (exact) mass is 196 g/mol. The smallest absolute Gasteiger partial charge is 0.217 e. The van der Waals surface area contributed by atoms with Crippen LogP contribution in [0.15, 0.2) is 12.3 Å². The maximum absolute atomic E-state index is 10.9. The van der Waals surface area contributed by atoms with Crippen LogP contribution < -0.4 is 10.6 Å². The normalized spacial score (nSPS) is 26.7. The zero-order valence-electron chi connectivity index (χ0n) is 9.10. The number of carbonyl (C=O) groups excluding carboxylic acids is 1. The first-order chi connectivity index (χ1) is 6.58. The number of amides is 1. The quantitative estimate of drug-likeness (QED) is 0.719. The van der Waals surface area contributed by atoms with Crippen LogP contribution in [-0.2, 0) is 4.79 Å². The van der Waals surface area contributed by atoms with Gasteiger partial charge in [0.1, 0.15) is 0 Å². The van der Waals surface area contributed by atoms with Gasteiger partial charge in [-0.2, -0.15) is 0 Å². The molecule has 0 radical (unpaired) electrons. The highest BCUT2D eigenvalue weighted by atomic mass is 16.1. The fourth-order valence-corrected chi connectivity index (χ4v) is 2.09. The summed E-state index contributed by atoms with van der Waals surface area (Å²) in [6.07, 6.45) is 4.49. The second-order valence-corrected chi connectivity index (χ2v) is 4.19. The second-order valence-electron chi connectivity index (χ2n) is 4.19. The molecule has 1 aliphatic carbocycles. The van der Waals surface area contributed by atoms with E-state index in [1.807, 2.05) is 6.92 Å². The summed E-state index contributed by atoms with van der Waals surface area (Å²) < 4.78 is 0. The molecule has 2 atom stereocenters. The number of hydrogen-bond acceptors (Lipinski definition) is 2. The van der Waals surface area contributed by atoms with Crippen molar-refractivity contribution < 1.29 is 4.79 Å². The molecule has 0 aromatic carbocycles. The van der Waals surface area contributed by atoms with Crippen LogP contribution in [0.5, 0.6) is 0 Å². The maximum atomic E-state index is 10.9. The van der Waals surface area contributed by atoms with Gasteiger partial charge in [0.25, 0.3) is 0 Å². The molecule has 0 aliphatic heterocycles. The van der Waals surface area contributed by atoms with Gasteiger partial charge in [-0.05, 0) is 32.6 Å². The van der Waals surface area contributed by atoms with Crippen LogP contribution in [0.4, 0.5) is 0 Å². The van der Waals surface area contributed by atoms with Crippen LogP contribution in [0.2, 0.25) is 0 Å². The first-order valence-electron chi connectivity index (χ1n) is 5.27. The van der Waals surface area contributed by atoms with Crippen molar-refractivity contribution in [3.8, 4) is 0 Å². The van der Waals surface area contributed by atoms with E-state index in [1.54, 1.807) is 6.92 Å². The summed E-state index contributed by atoms with van der Waals surface area (Å²) in [5.41, 5.74) is 1.01. The van der Waals surface area contributed by atoms with Crippen LogP contribution in [0.25, 0.3) is 0 Å². The molecule has 3 nitrogen and oxygen atoms in total. The fraction of sp³-hybridized carbons (Fsp3) is 0.727. The van der Waals surface area contributed by atoms with Crippen molar-refractivity contribution in [3.63, 3.8) is 0 Å². The first kappa shape index (κ1) is 11.1. The summed E-state index contributed by atoms with van der Waals surface area (Å²) >= 11 is 0. The molecule has 14 heavy (non-hydrogen) atoms. The second kappa shape index (κ2) is 5.03. The predicted molar refractivity (Wildman–Crippen MR) is 57.8 cm³/mol. The van der Waals surface area contributed by atoms with E-state index in [0.717, 1.165) is 18.5 Å². The SMILES string of the molecule is C=C(C)NC1CCCC(NC(C)=O)C1. The van der Waals surface area contributed by atoms with Crippen LogP contribution in [-0.4, -0.2) is 18.0 Å². The highest BCUT2D eigenvalue weighted by Crippen LogP contribution is 2.19. The Kier molecular flexibility index (Phi) is 3.98. The number of rotatable bonds is 3. The Morgan fingerprint density at radius 3 is 2.29 bits per heavy atom. The minimum atomic E-state index is 0.0750. The summed E-state index contributed by atoms with van der Waals surface area (Å²) in [4.78, 5) is 10.9. The molecule has 2 N–H and O–H groups in total. The van der Waals surface area contributed by atoms with E-state index in [2.05, 4.69) is 17.2 Å². The van der Waals surface area contributed by atoms with Crippen molar-refractivity contribution in [2.24, 2.45) is 0 Å². The van der Waals surface area contributed by atoms with Crippen molar-refractivity contribution >= 4 is 5.91 Å². The summed E-state index contributed by atoms with van der Waals surface area (Å²) in [5.74, 6) is 0.0750. The molecule has 0 saturated heterocycles. The molecule has 0 heterocycles. The Morgan fingerprint density at radius 1 is 1.21 bits per heavy atom. The maximum Gasteiger partial charge on any atom is 0.217 e. The standard InChI is InChI=1S/C11H20N2O/c1-8(2)12-10-5-4-6-11(7-10)13-9(3)14/h10-12H,1,4-7H2,2-3H3,(H,13,14). The summed E-state index contributed by atoms with van der Waals surface area (Å²) in [7, 11) is 0. The lowest BCUT2D eigenvalue weighted by molar-refractivity contribution is -0.119. The van der Waals surface area contributed by atoms with Crippen LogP contribution in [0.3, 0.4) is 0 Å². The highest BCUT2D eigenvalue weighted by Gasteiger charge is 2.21. The molecule has 3 heteroatoms. The molecular weight excluding hydrogens is 176 g/mol. The zero-order chi connectivity index (χ0) is 10.6. The molecule has 0 aromatic heterocycles. The van der Waals surface area contributed by atoms with Gasteiger partial charge >= 0.3 is 0 Å². The van der Waals surface area contributed by atoms with Gasteiger partial charge in [-0.3, -0.25) is 4.79 Å². The minimum Gasteiger partial charge on any atom is -0.386 e. The molecule has 1 saturated carbocycles. The first-order valence-corrected chi connectivity index (χ1v) is 5.27. The lowest BCUT2D eigenvalue weighted by Crippen LogP contribution is -2.42. The molecule has 1 rings (SSSR count). The van der Waals surface area contributed by atoms with E-state index >= 15 is 0 Å². The lowest BCUT2D eigenvalue weighted by atomic mass is 9.91. The van der Waals surface area contributed by atoms with Gasteiger partial charge in [0.2, 0.25) is 5.91 Å². The van der Waals surface area contributed by atoms with Crippen molar-refractivity contribution in [1.82, 2.24) is 10.6 Å². The van der Waals surface area contributed by atoms with E-state index in [1.165, 1.54) is 12.8 Å². The van der Waals surface area contributed by atoms with Gasteiger partial charge in [-0.15, -0.1) is 0 Å². The zero-order valence-corrected chi connectivity index (χ0v) is 9.10. The largest absolute Gasteiger partial charge is 0.386 e. The average molecular weight is 196 g/mol. The van der Waals surface area contributed by atoms with Crippen LogP contribution >= 0.6 is 0 Å². The summed E-state index contributed by atoms with van der Waals surface area (Å²) in [6, 6.07) is 0.830. The Hall–Kier alpha value is -0.990. The summed E-state index contributed by atoms with van der Waals surface area (Å²) in [5, 5.41) is 6.32. The van der Waals surface area contributed by atoms with Crippen LogP contribution in [0.1, 0.15) is 39.5 Å². The number of hydrogen-bond donors (Lipinski definition) is 2. The topological polar surface area (TPSA) is 41.1 Å². The van der Waals surface area contributed by atoms with Gasteiger partial charge in [-0.25, -0.2) is 0 Å². The third-order valence-corrected chi connectivity index (χ3v) is 2.53. The van der Waals surface area contributed by atoms with Crippen molar-refractivity contribution in [3.05, 3.63) is 12.3 Å². The van der Waals surface area contributed by atoms with Gasteiger partial charge in [0, 0.05) is 24.7 Å². The Morgan fingerprint density at radius 2 is 1.79 bits per heavy atom. The van der Waals surface area contributed by atoms with Gasteiger partial charge in [-0.1, -0.05) is 6.58 Å². The van der Waals surface area contributed by atoms with E-state index in [0.29, 0.717) is 12.1 Å². The Bertz CT molecular complexity index is 203. The molecule has 1 amide bonds. The molecule has 0 spiro atoms. The molecule has 80 valence electrons. The fourth-order valence-electron chi connectivity index (χ4n) is 2.09. The third kappa shape index (κ3) is 3.81. The molecular formula is C11H20N2O. The van der Waals surface area contributed by atoms with E-state index < -0.39 is 0 Å². The van der Waals surface area contributed by atoms with E-state index in [4.69, 9.17) is 0 Å². The van der Waals surface area contributed by atoms with Crippen molar-refractivity contribution in [2.45, 2.75) is 51.6 Å². The summed E-state index contributed by atoms with van der Waals surface area (Å²) in [6.45, 7) is 7.39. The molecule has 0 aromatic rings. The molecule has 2 unspecified atom stereocenters. The molecule has 1 fully saturated rings. The highest BCUT2D eigenvalue weighted by molar-refractivity contribution is 5.73. The predicted octanol–water partition coefficient (Wildman–Crippen LogP) is 1.56.